The van der Waals surface area contributed by atoms with E-state index in [1.54, 1.807) is 6.92 Å². The maximum absolute atomic E-state index is 12.6. The average Bonchev–Trinajstić information content (AvgIpc) is 2.31. The van der Waals surface area contributed by atoms with Crippen LogP contribution in [0.4, 0.5) is 13.2 Å². The molecule has 0 fully saturated rings. The minimum atomic E-state index is -4.30. The lowest BCUT2D eigenvalue weighted by Gasteiger charge is -2.20. The highest BCUT2D eigenvalue weighted by molar-refractivity contribution is 5.37. The molecule has 0 aromatic heterocycles. The van der Waals surface area contributed by atoms with Crippen molar-refractivity contribution < 1.29 is 17.9 Å². The molecular formula is C15H21F3O. The fraction of sp³-hybridized carbons (Fsp3) is 0.600. The third-order valence-electron chi connectivity index (χ3n) is 3.02. The zero-order valence-corrected chi connectivity index (χ0v) is 11.7. The molecule has 0 aliphatic rings. The summed E-state index contributed by atoms with van der Waals surface area (Å²) in [6.45, 7) is 5.80. The van der Waals surface area contributed by atoms with Gasteiger partial charge in [-0.25, -0.2) is 0 Å². The highest BCUT2D eigenvalue weighted by Gasteiger charge is 2.30. The zero-order valence-electron chi connectivity index (χ0n) is 11.7. The fourth-order valence-electron chi connectivity index (χ4n) is 2.04. The second kappa shape index (κ2) is 6.83. The van der Waals surface area contributed by atoms with Gasteiger partial charge in [0.25, 0.3) is 0 Å². The van der Waals surface area contributed by atoms with Gasteiger partial charge in [0.15, 0.2) is 0 Å². The van der Waals surface area contributed by atoms with Gasteiger partial charge in [-0.2, -0.15) is 13.2 Å². The number of rotatable bonds is 6. The molecule has 0 spiro atoms. The number of hydrogen-bond acceptors (Lipinski definition) is 1. The van der Waals surface area contributed by atoms with E-state index >= 15 is 0 Å². The van der Waals surface area contributed by atoms with Crippen molar-refractivity contribution >= 4 is 0 Å². The van der Waals surface area contributed by atoms with Crippen molar-refractivity contribution in [1.29, 1.82) is 0 Å². The molecule has 0 amide bonds. The summed E-state index contributed by atoms with van der Waals surface area (Å²) in [7, 11) is 0. The first kappa shape index (κ1) is 15.9. The fourth-order valence-corrected chi connectivity index (χ4v) is 2.04. The molecule has 0 heterocycles. The van der Waals surface area contributed by atoms with Gasteiger partial charge in [0.1, 0.15) is 5.75 Å². The first-order chi connectivity index (χ1) is 8.88. The van der Waals surface area contributed by atoms with Crippen LogP contribution in [0.5, 0.6) is 5.75 Å². The van der Waals surface area contributed by atoms with Gasteiger partial charge < -0.3 is 4.74 Å². The van der Waals surface area contributed by atoms with E-state index in [9.17, 15) is 13.2 Å². The van der Waals surface area contributed by atoms with E-state index in [0.717, 1.165) is 37.8 Å². The molecule has 19 heavy (non-hydrogen) atoms. The van der Waals surface area contributed by atoms with Gasteiger partial charge in [0.2, 0.25) is 0 Å². The van der Waals surface area contributed by atoms with Gasteiger partial charge in [-0.15, -0.1) is 0 Å². The van der Waals surface area contributed by atoms with Crippen molar-refractivity contribution in [3.8, 4) is 5.75 Å². The van der Waals surface area contributed by atoms with Crippen molar-refractivity contribution in [1.82, 2.24) is 0 Å². The number of ether oxygens (including phenoxy) is 1. The first-order valence-electron chi connectivity index (χ1n) is 6.73. The van der Waals surface area contributed by atoms with Crippen LogP contribution in [0.25, 0.3) is 0 Å². The normalized spacial score (nSPS) is 11.9. The van der Waals surface area contributed by atoms with Crippen LogP contribution >= 0.6 is 0 Å². The van der Waals surface area contributed by atoms with Crippen LogP contribution < -0.4 is 4.74 Å². The minimum Gasteiger partial charge on any atom is -0.490 e. The predicted octanol–water partition coefficient (Wildman–Crippen LogP) is 5.36. The van der Waals surface area contributed by atoms with E-state index in [4.69, 9.17) is 4.74 Å². The Balaban J connectivity index is 2.84. The van der Waals surface area contributed by atoms with Crippen LogP contribution in [0, 0.1) is 6.92 Å². The van der Waals surface area contributed by atoms with Crippen molar-refractivity contribution in [2.75, 3.05) is 0 Å². The van der Waals surface area contributed by atoms with Crippen LogP contribution in [-0.2, 0) is 6.18 Å². The summed E-state index contributed by atoms with van der Waals surface area (Å²) in [6, 6.07) is 3.65. The number of hydrogen-bond donors (Lipinski definition) is 0. The van der Waals surface area contributed by atoms with Gasteiger partial charge in [-0.05, 0) is 43.5 Å². The lowest BCUT2D eigenvalue weighted by Crippen LogP contribution is -2.16. The standard InChI is InChI=1S/C15H21F3O/c1-4-6-13(7-5-2)19-14-9-8-12(10-11(14)3)15(16,17)18/h8-10,13H,4-7H2,1-3H3. The lowest BCUT2D eigenvalue weighted by molar-refractivity contribution is -0.137. The SMILES string of the molecule is CCCC(CCC)Oc1ccc(C(F)(F)F)cc1C. The molecule has 1 aromatic rings. The monoisotopic (exact) mass is 274 g/mol. The third kappa shape index (κ3) is 4.77. The van der Waals surface area contributed by atoms with Crippen LogP contribution in [0.15, 0.2) is 18.2 Å². The number of alkyl halides is 3. The molecule has 1 rings (SSSR count). The van der Waals surface area contributed by atoms with Crippen molar-refractivity contribution in [2.45, 2.75) is 58.7 Å². The van der Waals surface area contributed by atoms with Crippen LogP contribution in [-0.4, -0.2) is 6.10 Å². The molecular weight excluding hydrogens is 253 g/mol. The summed E-state index contributed by atoms with van der Waals surface area (Å²) in [4.78, 5) is 0. The number of benzene rings is 1. The summed E-state index contributed by atoms with van der Waals surface area (Å²) < 4.78 is 43.5. The Kier molecular flexibility index (Phi) is 5.70. The quantitative estimate of drug-likeness (QED) is 0.678. The molecule has 0 atom stereocenters. The van der Waals surface area contributed by atoms with Crippen LogP contribution in [0.1, 0.15) is 50.7 Å². The molecule has 1 aromatic carbocycles. The molecule has 108 valence electrons. The summed E-state index contributed by atoms with van der Waals surface area (Å²) >= 11 is 0. The van der Waals surface area contributed by atoms with Gasteiger partial charge in [-0.1, -0.05) is 26.7 Å². The molecule has 0 saturated heterocycles. The molecule has 1 nitrogen and oxygen atoms in total. The van der Waals surface area contributed by atoms with Crippen molar-refractivity contribution in [3.05, 3.63) is 29.3 Å². The maximum atomic E-state index is 12.6. The summed E-state index contributed by atoms with van der Waals surface area (Å²) in [6.07, 6.45) is -0.349. The molecule has 0 aliphatic heterocycles. The minimum absolute atomic E-state index is 0.0884. The smallest absolute Gasteiger partial charge is 0.416 e. The zero-order chi connectivity index (χ0) is 14.5. The lowest BCUT2D eigenvalue weighted by atomic mass is 10.1. The molecule has 0 radical (unpaired) electrons. The second-order valence-electron chi connectivity index (χ2n) is 4.80. The summed E-state index contributed by atoms with van der Waals surface area (Å²) in [5.41, 5.74) is -0.0908. The van der Waals surface area contributed by atoms with E-state index in [0.29, 0.717) is 11.3 Å². The van der Waals surface area contributed by atoms with Gasteiger partial charge in [0, 0.05) is 0 Å². The Hall–Kier alpha value is -1.19. The van der Waals surface area contributed by atoms with E-state index in [1.807, 2.05) is 0 Å². The second-order valence-corrected chi connectivity index (χ2v) is 4.80. The molecule has 0 bridgehead atoms. The topological polar surface area (TPSA) is 9.23 Å². The molecule has 0 N–H and O–H groups in total. The average molecular weight is 274 g/mol. The largest absolute Gasteiger partial charge is 0.490 e. The van der Waals surface area contributed by atoms with E-state index in [-0.39, 0.29) is 6.10 Å². The highest BCUT2D eigenvalue weighted by Crippen LogP contribution is 2.32. The summed E-state index contributed by atoms with van der Waals surface area (Å²) in [5.74, 6) is 0.555. The molecule has 0 saturated carbocycles. The van der Waals surface area contributed by atoms with Gasteiger partial charge >= 0.3 is 6.18 Å². The highest BCUT2D eigenvalue weighted by atomic mass is 19.4. The predicted molar refractivity (Wildman–Crippen MR) is 70.4 cm³/mol. The van der Waals surface area contributed by atoms with Crippen LogP contribution in [0.2, 0.25) is 0 Å². The van der Waals surface area contributed by atoms with Gasteiger partial charge in [-0.3, -0.25) is 0 Å². The van der Waals surface area contributed by atoms with E-state index in [1.165, 1.54) is 6.07 Å². The Morgan fingerprint density at radius 2 is 1.68 bits per heavy atom. The Morgan fingerprint density at radius 3 is 2.11 bits per heavy atom. The summed E-state index contributed by atoms with van der Waals surface area (Å²) in [5, 5.41) is 0. The van der Waals surface area contributed by atoms with E-state index in [2.05, 4.69) is 13.8 Å². The maximum Gasteiger partial charge on any atom is 0.416 e. The molecule has 0 unspecified atom stereocenters. The van der Waals surface area contributed by atoms with Crippen molar-refractivity contribution in [2.24, 2.45) is 0 Å². The van der Waals surface area contributed by atoms with E-state index < -0.39 is 11.7 Å². The van der Waals surface area contributed by atoms with Gasteiger partial charge in [0.05, 0.1) is 11.7 Å². The first-order valence-corrected chi connectivity index (χ1v) is 6.73. The molecule has 4 heteroatoms. The Labute approximate surface area is 112 Å². The van der Waals surface area contributed by atoms with Crippen LogP contribution in [0.3, 0.4) is 0 Å². The Morgan fingerprint density at radius 1 is 1.11 bits per heavy atom. The Bertz CT molecular complexity index is 393. The van der Waals surface area contributed by atoms with Crippen molar-refractivity contribution in [3.63, 3.8) is 0 Å². The molecule has 0 aliphatic carbocycles. The number of aryl methyl sites for hydroxylation is 1. The third-order valence-corrected chi connectivity index (χ3v) is 3.02. The number of halogens is 3.